The van der Waals surface area contributed by atoms with Crippen LogP contribution in [-0.4, -0.2) is 22.4 Å². The van der Waals surface area contributed by atoms with Crippen LogP contribution in [0.1, 0.15) is 90.9 Å². The van der Waals surface area contributed by atoms with E-state index in [2.05, 4.69) is 83.7 Å². The molecular weight excluding hydrogens is 424 g/mol. The SMILES string of the molecule is CCCCCCCCn1cc[n+](C)c1.CCCCCCCCn1cc[n+](C)c1.O=S([O-])[O-]. The Bertz CT molecular complexity index is 632. The fourth-order valence-corrected chi connectivity index (χ4v) is 3.42. The van der Waals surface area contributed by atoms with Gasteiger partial charge < -0.3 is 9.11 Å². The molecule has 0 radical (unpaired) electrons. The van der Waals surface area contributed by atoms with Gasteiger partial charge in [0.2, 0.25) is 12.7 Å². The van der Waals surface area contributed by atoms with Crippen molar-refractivity contribution >= 4 is 11.4 Å². The molecule has 32 heavy (non-hydrogen) atoms. The summed E-state index contributed by atoms with van der Waals surface area (Å²) in [5.74, 6) is 0. The van der Waals surface area contributed by atoms with Gasteiger partial charge >= 0.3 is 0 Å². The maximum atomic E-state index is 8.44. The van der Waals surface area contributed by atoms with Crippen LogP contribution in [0.15, 0.2) is 37.4 Å². The van der Waals surface area contributed by atoms with E-state index >= 15 is 0 Å². The molecule has 0 amide bonds. The molecule has 0 aromatic carbocycles. The molecule has 0 bridgehead atoms. The summed E-state index contributed by atoms with van der Waals surface area (Å²) in [6.45, 7) is 6.87. The first-order valence-electron chi connectivity index (χ1n) is 12.2. The molecule has 2 aromatic rings. The summed E-state index contributed by atoms with van der Waals surface area (Å²) >= 11 is -3.11. The minimum atomic E-state index is -3.11. The van der Waals surface area contributed by atoms with Gasteiger partial charge in [-0.1, -0.05) is 65.2 Å². The Morgan fingerprint density at radius 1 is 0.656 bits per heavy atom. The van der Waals surface area contributed by atoms with Gasteiger partial charge in [0.15, 0.2) is 0 Å². The van der Waals surface area contributed by atoms with E-state index in [4.69, 9.17) is 13.3 Å². The maximum absolute atomic E-state index is 8.44. The number of nitrogens with zero attached hydrogens (tertiary/aromatic N) is 4. The van der Waals surface area contributed by atoms with E-state index in [9.17, 15) is 0 Å². The van der Waals surface area contributed by atoms with E-state index in [1.807, 2.05) is 0 Å². The normalized spacial score (nSPS) is 10.5. The lowest BCUT2D eigenvalue weighted by Crippen LogP contribution is -2.23. The maximum Gasteiger partial charge on any atom is 0.243 e. The number of aryl methyl sites for hydroxylation is 4. The average Bonchev–Trinajstić information content (AvgIpc) is 3.35. The molecule has 0 aliphatic heterocycles. The summed E-state index contributed by atoms with van der Waals surface area (Å²) in [6, 6.07) is 0. The molecule has 0 aliphatic carbocycles. The van der Waals surface area contributed by atoms with Crippen LogP contribution in [-0.2, 0) is 38.5 Å². The zero-order valence-electron chi connectivity index (χ0n) is 20.8. The third kappa shape index (κ3) is 20.4. The molecule has 7 nitrogen and oxygen atoms in total. The smallest absolute Gasteiger partial charge is 0.243 e. The van der Waals surface area contributed by atoms with Crippen molar-refractivity contribution in [1.82, 2.24) is 9.13 Å². The van der Waals surface area contributed by atoms with E-state index in [0.717, 1.165) is 0 Å². The predicted octanol–water partition coefficient (Wildman–Crippen LogP) is 4.34. The lowest BCUT2D eigenvalue weighted by atomic mass is 10.1. The van der Waals surface area contributed by atoms with Crippen molar-refractivity contribution in [3.63, 3.8) is 0 Å². The van der Waals surface area contributed by atoms with E-state index < -0.39 is 11.4 Å². The molecule has 2 rings (SSSR count). The van der Waals surface area contributed by atoms with Crippen molar-refractivity contribution in [2.45, 2.75) is 104 Å². The van der Waals surface area contributed by atoms with Gasteiger partial charge in [-0.05, 0) is 25.7 Å². The number of imidazole rings is 2. The summed E-state index contributed by atoms with van der Waals surface area (Å²) in [5.41, 5.74) is 0. The van der Waals surface area contributed by atoms with Gasteiger partial charge in [-0.2, -0.15) is 0 Å². The fraction of sp³-hybridized carbons (Fsp3) is 0.750. The third-order valence-corrected chi connectivity index (χ3v) is 5.19. The van der Waals surface area contributed by atoms with Crippen LogP contribution < -0.4 is 9.13 Å². The molecule has 0 spiro atoms. The molecule has 0 aliphatic rings. The molecule has 2 heterocycles. The Labute approximate surface area is 198 Å². The van der Waals surface area contributed by atoms with Gasteiger partial charge in [-0.3, -0.25) is 4.21 Å². The molecule has 0 saturated carbocycles. The van der Waals surface area contributed by atoms with Gasteiger partial charge in [-0.25, -0.2) is 18.3 Å². The zero-order chi connectivity index (χ0) is 24.0. The van der Waals surface area contributed by atoms with Crippen LogP contribution in [0.2, 0.25) is 0 Å². The molecule has 0 saturated heterocycles. The Balaban J connectivity index is 0.000000515. The zero-order valence-corrected chi connectivity index (χ0v) is 21.6. The minimum Gasteiger partial charge on any atom is -0.784 e. The summed E-state index contributed by atoms with van der Waals surface area (Å²) in [6.07, 6.45) is 29.3. The van der Waals surface area contributed by atoms with Crippen LogP contribution in [0.5, 0.6) is 0 Å². The largest absolute Gasteiger partial charge is 0.784 e. The van der Waals surface area contributed by atoms with Crippen molar-refractivity contribution < 1.29 is 22.4 Å². The molecule has 2 aromatic heterocycles. The first-order valence-corrected chi connectivity index (χ1v) is 13.2. The van der Waals surface area contributed by atoms with Crippen LogP contribution >= 0.6 is 0 Å². The van der Waals surface area contributed by atoms with Crippen LogP contribution in [0.3, 0.4) is 0 Å². The second kappa shape index (κ2) is 21.3. The number of hydrogen-bond acceptors (Lipinski definition) is 3. The Morgan fingerprint density at radius 3 is 1.25 bits per heavy atom. The van der Waals surface area contributed by atoms with Gasteiger partial charge in [0.25, 0.3) is 0 Å². The van der Waals surface area contributed by atoms with Crippen molar-refractivity contribution in [2.24, 2.45) is 14.1 Å². The molecule has 8 heteroatoms. The van der Waals surface area contributed by atoms with Crippen molar-refractivity contribution in [3.8, 4) is 0 Å². The quantitative estimate of drug-likeness (QED) is 0.234. The average molecular weight is 471 g/mol. The van der Waals surface area contributed by atoms with E-state index in [1.165, 1.54) is 90.1 Å². The Morgan fingerprint density at radius 2 is 0.969 bits per heavy atom. The second-order valence-electron chi connectivity index (χ2n) is 8.37. The van der Waals surface area contributed by atoms with Crippen LogP contribution in [0.4, 0.5) is 0 Å². The van der Waals surface area contributed by atoms with Crippen molar-refractivity contribution in [2.75, 3.05) is 0 Å². The van der Waals surface area contributed by atoms with Gasteiger partial charge in [0, 0.05) is 0 Å². The molecule has 186 valence electrons. The van der Waals surface area contributed by atoms with E-state index in [1.54, 1.807) is 0 Å². The third-order valence-electron chi connectivity index (χ3n) is 5.19. The lowest BCUT2D eigenvalue weighted by molar-refractivity contribution is -0.671. The monoisotopic (exact) mass is 470 g/mol. The van der Waals surface area contributed by atoms with E-state index in [-0.39, 0.29) is 0 Å². The van der Waals surface area contributed by atoms with E-state index in [0.29, 0.717) is 0 Å². The van der Waals surface area contributed by atoms with Crippen molar-refractivity contribution in [1.29, 1.82) is 0 Å². The van der Waals surface area contributed by atoms with Gasteiger partial charge in [0.05, 0.1) is 27.2 Å². The summed E-state index contributed by atoms with van der Waals surface area (Å²) < 4.78 is 34.0. The number of aromatic nitrogens is 4. The highest BCUT2D eigenvalue weighted by atomic mass is 32.2. The first-order chi connectivity index (χ1) is 15.4. The summed E-state index contributed by atoms with van der Waals surface area (Å²) in [7, 11) is 4.13. The first kappa shape index (κ1) is 30.5. The topological polar surface area (TPSA) is 80.8 Å². The lowest BCUT2D eigenvalue weighted by Gasteiger charge is -2.03. The standard InChI is InChI=1S/2C12H23N2.H2O3S/c2*1-3-4-5-6-7-8-9-14-11-10-13(2)12-14;1-4(2)3/h2*10-12H,3-9H2,1-2H3;(H2,1,2,3)/q2*+1;/p-2. The fourth-order valence-electron chi connectivity index (χ4n) is 3.42. The molecule has 0 fully saturated rings. The predicted molar refractivity (Wildman–Crippen MR) is 128 cm³/mol. The van der Waals surface area contributed by atoms with Gasteiger partial charge in [0.1, 0.15) is 24.8 Å². The second-order valence-corrected chi connectivity index (χ2v) is 8.78. The molecular formula is C24H46N4O3S. The Hall–Kier alpha value is -1.51. The number of hydrogen-bond donors (Lipinski definition) is 0. The number of unbranched alkanes of at least 4 members (excludes halogenated alkanes) is 10. The van der Waals surface area contributed by atoms with Crippen LogP contribution in [0.25, 0.3) is 0 Å². The van der Waals surface area contributed by atoms with Gasteiger partial charge in [-0.15, -0.1) is 11.4 Å². The Kier molecular flexibility index (Phi) is 20.3. The highest BCUT2D eigenvalue weighted by molar-refractivity contribution is 7.72. The van der Waals surface area contributed by atoms with Crippen LogP contribution in [0, 0.1) is 0 Å². The molecule has 0 N–H and O–H groups in total. The molecule has 0 unspecified atom stereocenters. The minimum absolute atomic E-state index is 1.17. The highest BCUT2D eigenvalue weighted by Crippen LogP contribution is 2.06. The summed E-state index contributed by atoms with van der Waals surface area (Å²) in [4.78, 5) is 0. The highest BCUT2D eigenvalue weighted by Gasteiger charge is 1.99. The molecule has 0 atom stereocenters. The van der Waals surface area contributed by atoms with Crippen molar-refractivity contribution in [3.05, 3.63) is 37.4 Å². The summed E-state index contributed by atoms with van der Waals surface area (Å²) in [5, 5.41) is 0. The number of rotatable bonds is 14.